The number of fused-ring (bicyclic) bond motifs is 1. The van der Waals surface area contributed by atoms with Crippen LogP contribution in [-0.2, 0) is 16.0 Å². The van der Waals surface area contributed by atoms with Gasteiger partial charge in [-0.25, -0.2) is 0 Å². The topological polar surface area (TPSA) is 89.7 Å². The van der Waals surface area contributed by atoms with Crippen molar-refractivity contribution in [3.63, 3.8) is 0 Å². The molecule has 0 spiro atoms. The van der Waals surface area contributed by atoms with E-state index >= 15 is 0 Å². The number of hydrogen-bond acceptors (Lipinski definition) is 5. The number of benzene rings is 1. The number of primary amides is 1. The summed E-state index contributed by atoms with van der Waals surface area (Å²) in [7, 11) is 3.27. The summed E-state index contributed by atoms with van der Waals surface area (Å²) in [6.45, 7) is 1.76. The molecule has 0 saturated heterocycles. The van der Waals surface area contributed by atoms with Crippen LogP contribution in [-0.4, -0.2) is 43.2 Å². The van der Waals surface area contributed by atoms with Gasteiger partial charge in [-0.15, -0.1) is 11.3 Å². The maximum absolute atomic E-state index is 12.2. The third kappa shape index (κ3) is 3.34. The molecular formula is C16H18N2O4S. The molecule has 2 N–H and O–H groups in total. The Hall–Kier alpha value is -2.41. The molecule has 7 heteroatoms. The van der Waals surface area contributed by atoms with Gasteiger partial charge in [0.15, 0.2) is 6.61 Å². The molecule has 1 aromatic heterocycles. The summed E-state index contributed by atoms with van der Waals surface area (Å²) in [6.07, 6.45) is 0.601. The minimum Gasteiger partial charge on any atom is -0.483 e. The lowest BCUT2D eigenvalue weighted by molar-refractivity contribution is -0.130. The molecule has 0 aliphatic heterocycles. The number of ketones is 1. The number of Topliss-reactive ketones (excluding diaryl/α,β-unsaturated/α-hetero) is 1. The van der Waals surface area contributed by atoms with Gasteiger partial charge in [0.1, 0.15) is 5.75 Å². The van der Waals surface area contributed by atoms with E-state index in [-0.39, 0.29) is 18.1 Å². The highest BCUT2D eigenvalue weighted by atomic mass is 32.1. The summed E-state index contributed by atoms with van der Waals surface area (Å²) >= 11 is 1.42. The number of thiophene rings is 1. The van der Waals surface area contributed by atoms with Crippen LogP contribution in [0.2, 0.25) is 0 Å². The summed E-state index contributed by atoms with van der Waals surface area (Å²) in [4.78, 5) is 37.4. The van der Waals surface area contributed by atoms with E-state index in [0.29, 0.717) is 17.6 Å². The molecule has 2 amide bonds. The van der Waals surface area contributed by atoms with Crippen LogP contribution in [0.1, 0.15) is 22.2 Å². The zero-order valence-electron chi connectivity index (χ0n) is 13.2. The Bertz CT molecular complexity index is 780. The zero-order chi connectivity index (χ0) is 17.1. The Morgan fingerprint density at radius 2 is 1.96 bits per heavy atom. The van der Waals surface area contributed by atoms with Crippen LogP contribution in [0, 0.1) is 0 Å². The fourth-order valence-electron chi connectivity index (χ4n) is 2.17. The smallest absolute Gasteiger partial charge is 0.289 e. The molecular weight excluding hydrogens is 316 g/mol. The summed E-state index contributed by atoms with van der Waals surface area (Å²) in [5.41, 5.74) is 5.45. The van der Waals surface area contributed by atoms with Gasteiger partial charge < -0.3 is 15.4 Å². The predicted octanol–water partition coefficient (Wildman–Crippen LogP) is 1.60. The molecule has 1 aromatic carbocycles. The van der Waals surface area contributed by atoms with E-state index in [1.165, 1.54) is 16.2 Å². The van der Waals surface area contributed by atoms with Crippen LogP contribution in [0.25, 0.3) is 10.1 Å². The zero-order valence-corrected chi connectivity index (χ0v) is 14.0. The van der Waals surface area contributed by atoms with Gasteiger partial charge >= 0.3 is 0 Å². The Balaban J connectivity index is 2.53. The van der Waals surface area contributed by atoms with Crippen LogP contribution < -0.4 is 10.5 Å². The number of rotatable bonds is 6. The number of nitrogens with two attached hydrogens (primary N) is 1. The quantitative estimate of drug-likeness (QED) is 0.642. The van der Waals surface area contributed by atoms with Crippen molar-refractivity contribution in [3.8, 4) is 5.75 Å². The maximum Gasteiger partial charge on any atom is 0.289 e. The van der Waals surface area contributed by atoms with Gasteiger partial charge in [0, 0.05) is 29.1 Å². The SMILES string of the molecule is CCc1sc2cccc(OCC(=O)N(C)C)c2c1C(=O)C(N)=O. The highest BCUT2D eigenvalue weighted by Crippen LogP contribution is 2.38. The molecule has 0 bridgehead atoms. The first-order valence-corrected chi connectivity index (χ1v) is 7.89. The Labute approximate surface area is 137 Å². The third-order valence-electron chi connectivity index (χ3n) is 3.37. The van der Waals surface area contributed by atoms with E-state index in [9.17, 15) is 14.4 Å². The van der Waals surface area contributed by atoms with Gasteiger partial charge in [-0.3, -0.25) is 14.4 Å². The second kappa shape index (κ2) is 6.78. The van der Waals surface area contributed by atoms with Gasteiger partial charge in [-0.1, -0.05) is 13.0 Å². The average molecular weight is 334 g/mol. The molecule has 0 aliphatic rings. The molecule has 2 aromatic rings. The fraction of sp³-hybridized carbons (Fsp3) is 0.312. The summed E-state index contributed by atoms with van der Waals surface area (Å²) in [6, 6.07) is 5.30. The molecule has 1 heterocycles. The predicted molar refractivity (Wildman–Crippen MR) is 88.9 cm³/mol. The van der Waals surface area contributed by atoms with Crippen molar-refractivity contribution in [1.29, 1.82) is 0 Å². The third-order valence-corrected chi connectivity index (χ3v) is 4.67. The van der Waals surface area contributed by atoms with Crippen molar-refractivity contribution in [1.82, 2.24) is 4.90 Å². The summed E-state index contributed by atoms with van der Waals surface area (Å²) < 4.78 is 6.40. The molecule has 2 rings (SSSR count). The number of amides is 2. The van der Waals surface area contributed by atoms with Crippen molar-refractivity contribution in [2.45, 2.75) is 13.3 Å². The van der Waals surface area contributed by atoms with Crippen LogP contribution in [0.5, 0.6) is 5.75 Å². The molecule has 0 saturated carbocycles. The van der Waals surface area contributed by atoms with Crippen molar-refractivity contribution in [2.75, 3.05) is 20.7 Å². The average Bonchev–Trinajstić information content (AvgIpc) is 2.90. The molecule has 0 unspecified atom stereocenters. The number of hydrogen-bond donors (Lipinski definition) is 1. The van der Waals surface area contributed by atoms with Crippen molar-refractivity contribution in [2.24, 2.45) is 5.73 Å². The van der Waals surface area contributed by atoms with E-state index < -0.39 is 11.7 Å². The lowest BCUT2D eigenvalue weighted by Crippen LogP contribution is -2.27. The van der Waals surface area contributed by atoms with E-state index in [1.54, 1.807) is 26.2 Å². The number of ether oxygens (including phenoxy) is 1. The van der Waals surface area contributed by atoms with Gasteiger partial charge in [-0.2, -0.15) is 0 Å². The normalized spacial score (nSPS) is 10.6. The van der Waals surface area contributed by atoms with Crippen molar-refractivity contribution >= 4 is 39.0 Å². The first kappa shape index (κ1) is 17.0. The standard InChI is InChI=1S/C16H18N2O4S/c1-4-10-14(15(20)16(17)21)13-9(6-5-7-11(13)23-10)22-8-12(19)18(2)3/h5-7H,4,8H2,1-3H3,(H2,17,21). The Morgan fingerprint density at radius 3 is 2.52 bits per heavy atom. The second-order valence-corrected chi connectivity index (χ2v) is 6.29. The monoisotopic (exact) mass is 334 g/mol. The molecule has 23 heavy (non-hydrogen) atoms. The molecule has 0 atom stereocenters. The van der Waals surface area contributed by atoms with Crippen LogP contribution in [0.15, 0.2) is 18.2 Å². The summed E-state index contributed by atoms with van der Waals surface area (Å²) in [5.74, 6) is -1.53. The number of likely N-dealkylation sites (N-methyl/N-ethyl adjacent to an activating group) is 1. The molecule has 0 radical (unpaired) electrons. The Morgan fingerprint density at radius 1 is 1.26 bits per heavy atom. The lowest BCUT2D eigenvalue weighted by atomic mass is 10.0. The number of aryl methyl sites for hydroxylation is 1. The summed E-state index contributed by atoms with van der Waals surface area (Å²) in [5, 5.41) is 0.546. The van der Waals surface area contributed by atoms with Gasteiger partial charge in [-0.05, 0) is 18.6 Å². The van der Waals surface area contributed by atoms with E-state index in [0.717, 1.165) is 9.58 Å². The number of carbonyl (C=O) groups is 3. The molecule has 0 fully saturated rings. The highest BCUT2D eigenvalue weighted by molar-refractivity contribution is 7.19. The first-order valence-electron chi connectivity index (χ1n) is 7.08. The van der Waals surface area contributed by atoms with E-state index in [1.807, 2.05) is 13.0 Å². The van der Waals surface area contributed by atoms with Crippen LogP contribution in [0.4, 0.5) is 0 Å². The van der Waals surface area contributed by atoms with Gasteiger partial charge in [0.2, 0.25) is 0 Å². The highest BCUT2D eigenvalue weighted by Gasteiger charge is 2.24. The molecule has 6 nitrogen and oxygen atoms in total. The van der Waals surface area contributed by atoms with Crippen molar-refractivity contribution < 1.29 is 19.1 Å². The number of carbonyl (C=O) groups excluding carboxylic acids is 3. The van der Waals surface area contributed by atoms with Gasteiger partial charge in [0.25, 0.3) is 17.6 Å². The lowest BCUT2D eigenvalue weighted by Gasteiger charge is -2.12. The van der Waals surface area contributed by atoms with Crippen LogP contribution >= 0.6 is 11.3 Å². The maximum atomic E-state index is 12.2. The van der Waals surface area contributed by atoms with Crippen molar-refractivity contribution in [3.05, 3.63) is 28.6 Å². The minimum absolute atomic E-state index is 0.145. The van der Waals surface area contributed by atoms with E-state index in [4.69, 9.17) is 10.5 Å². The fourth-order valence-corrected chi connectivity index (χ4v) is 3.32. The van der Waals surface area contributed by atoms with Gasteiger partial charge in [0.05, 0.1) is 5.56 Å². The van der Waals surface area contributed by atoms with Crippen LogP contribution in [0.3, 0.4) is 0 Å². The largest absolute Gasteiger partial charge is 0.483 e. The second-order valence-electron chi connectivity index (χ2n) is 5.15. The molecule has 0 aliphatic carbocycles. The van der Waals surface area contributed by atoms with E-state index in [2.05, 4.69) is 0 Å². The minimum atomic E-state index is -1.00. The Kier molecular flexibility index (Phi) is 5.00. The molecule has 122 valence electrons. The first-order chi connectivity index (χ1) is 10.9. The number of nitrogens with zero attached hydrogens (tertiary/aromatic N) is 1.